The number of rotatable bonds is 6. The number of carbonyl (C=O) groups excluding carboxylic acids is 3. The quantitative estimate of drug-likeness (QED) is 0.396. The summed E-state index contributed by atoms with van der Waals surface area (Å²) in [5, 5.41) is 13.0. The molecule has 3 N–H and O–H groups in total. The topological polar surface area (TPSA) is 161 Å². The molecule has 0 aromatic carbocycles. The van der Waals surface area contributed by atoms with Crippen LogP contribution in [-0.4, -0.2) is 50.2 Å². The summed E-state index contributed by atoms with van der Waals surface area (Å²) in [6, 6.07) is 0. The van der Waals surface area contributed by atoms with Crippen molar-refractivity contribution in [1.82, 2.24) is 10.0 Å². The van der Waals surface area contributed by atoms with Crippen LogP contribution in [-0.2, 0) is 28.9 Å². The molecule has 2 amide bonds. The van der Waals surface area contributed by atoms with E-state index in [9.17, 15) is 19.2 Å². The Bertz CT molecular complexity index is 754. The zero-order valence-electron chi connectivity index (χ0n) is 13.2. The number of carboxylic acid groups (broad SMARTS) is 1. The highest BCUT2D eigenvalue weighted by Gasteiger charge is 2.36. The van der Waals surface area contributed by atoms with Crippen molar-refractivity contribution in [3.63, 3.8) is 0 Å². The lowest BCUT2D eigenvalue weighted by atomic mass is 10.1. The molecule has 134 valence electrons. The third-order valence-corrected chi connectivity index (χ3v) is 3.84. The number of aromatic nitrogens is 1. The van der Waals surface area contributed by atoms with Crippen LogP contribution in [0.25, 0.3) is 0 Å². The zero-order valence-corrected chi connectivity index (χ0v) is 14.0. The van der Waals surface area contributed by atoms with Crippen LogP contribution in [0.2, 0.25) is 0 Å². The van der Waals surface area contributed by atoms with Crippen molar-refractivity contribution < 1.29 is 34.0 Å². The average Bonchev–Trinajstić information content (AvgIpc) is 3.08. The van der Waals surface area contributed by atoms with Gasteiger partial charge in [-0.05, 0) is 13.8 Å². The summed E-state index contributed by atoms with van der Waals surface area (Å²) in [6.07, 6.45) is 1.05. The lowest BCUT2D eigenvalue weighted by Gasteiger charge is -2.17. The van der Waals surface area contributed by atoms with Gasteiger partial charge in [0.05, 0.1) is 11.1 Å². The largest absolute Gasteiger partial charge is 0.478 e. The van der Waals surface area contributed by atoms with Crippen molar-refractivity contribution in [2.45, 2.75) is 32.3 Å². The second-order valence-electron chi connectivity index (χ2n) is 5.37. The Hall–Kier alpha value is -3.02. The van der Waals surface area contributed by atoms with Crippen molar-refractivity contribution in [2.75, 3.05) is 5.73 Å². The molecule has 0 radical (unpaired) electrons. The van der Waals surface area contributed by atoms with Crippen molar-refractivity contribution >= 4 is 45.9 Å². The molecule has 0 saturated carbocycles. The lowest BCUT2D eigenvalue weighted by molar-refractivity contribution is -0.192. The molecule has 0 atom stereocenters. The number of imide groups is 1. The van der Waals surface area contributed by atoms with Gasteiger partial charge in [0.25, 0.3) is 11.8 Å². The van der Waals surface area contributed by atoms with E-state index in [0.717, 1.165) is 11.3 Å². The highest BCUT2D eigenvalue weighted by molar-refractivity contribution is 7.18. The minimum absolute atomic E-state index is 0.0748. The van der Waals surface area contributed by atoms with Gasteiger partial charge in [-0.3, -0.25) is 9.59 Å². The van der Waals surface area contributed by atoms with E-state index in [1.54, 1.807) is 0 Å². The molecule has 2 heterocycles. The molecule has 1 saturated heterocycles. The normalized spacial score (nSPS) is 15.4. The Morgan fingerprint density at radius 2 is 1.96 bits per heavy atom. The molecular weight excluding hydrogens is 356 g/mol. The second-order valence-corrected chi connectivity index (χ2v) is 6.43. The molecule has 0 spiro atoms. The average molecular weight is 370 g/mol. The molecule has 0 unspecified atom stereocenters. The Kier molecular flexibility index (Phi) is 5.02. The number of amides is 2. The first-order valence-corrected chi connectivity index (χ1v) is 7.73. The van der Waals surface area contributed by atoms with Crippen molar-refractivity contribution in [2.24, 2.45) is 5.16 Å². The van der Waals surface area contributed by atoms with Crippen LogP contribution >= 0.6 is 11.3 Å². The monoisotopic (exact) mass is 370 g/mol. The number of anilines is 1. The van der Waals surface area contributed by atoms with Gasteiger partial charge in [-0.1, -0.05) is 16.5 Å². The number of hydroxylamine groups is 2. The molecule has 25 heavy (non-hydrogen) atoms. The van der Waals surface area contributed by atoms with Crippen LogP contribution in [0.4, 0.5) is 5.13 Å². The smallest absolute Gasteiger partial charge is 0.387 e. The maximum absolute atomic E-state index is 12.3. The fourth-order valence-corrected chi connectivity index (χ4v) is 2.22. The number of carboxylic acids is 1. The number of nitrogen functional groups attached to an aromatic ring is 1. The number of nitrogens with zero attached hydrogens (tertiary/aromatic N) is 3. The van der Waals surface area contributed by atoms with E-state index in [-0.39, 0.29) is 22.9 Å². The predicted octanol–water partition coefficient (Wildman–Crippen LogP) is -0.0836. The number of hydrogen-bond donors (Lipinski definition) is 2. The summed E-state index contributed by atoms with van der Waals surface area (Å²) in [4.78, 5) is 60.0. The zero-order chi connectivity index (χ0) is 18.8. The number of nitrogens with two attached hydrogens (primary N) is 1. The van der Waals surface area contributed by atoms with E-state index in [1.165, 1.54) is 20.0 Å². The standard InChI is InChI=1S/C13H14N4O7S/c1-13(2,11(21)22)24-16-9(6-5-15-12(14)25-6)10(20)23-17-7(18)3-4-8(17)19/h5H,3-4H2,1-2H3,(H2,14,15)(H,21,22)/b16-9-. The first-order valence-electron chi connectivity index (χ1n) is 6.91. The summed E-state index contributed by atoms with van der Waals surface area (Å²) >= 11 is 0.862. The first kappa shape index (κ1) is 18.3. The van der Waals surface area contributed by atoms with Crippen molar-refractivity contribution in [3.8, 4) is 0 Å². The van der Waals surface area contributed by atoms with Crippen LogP contribution in [0, 0.1) is 0 Å². The van der Waals surface area contributed by atoms with Crippen LogP contribution in [0.3, 0.4) is 0 Å². The van der Waals surface area contributed by atoms with Gasteiger partial charge in [-0.25, -0.2) is 14.6 Å². The fraction of sp³-hybridized carbons (Fsp3) is 0.385. The number of thiazole rings is 1. The Balaban J connectivity index is 2.28. The van der Waals surface area contributed by atoms with Crippen LogP contribution in [0.1, 0.15) is 31.6 Å². The first-order chi connectivity index (χ1) is 11.6. The van der Waals surface area contributed by atoms with E-state index >= 15 is 0 Å². The van der Waals surface area contributed by atoms with Crippen molar-refractivity contribution in [1.29, 1.82) is 0 Å². The molecule has 1 aliphatic heterocycles. The number of hydrogen-bond acceptors (Lipinski definition) is 10. The summed E-state index contributed by atoms with van der Waals surface area (Å²) in [5.41, 5.74) is 3.29. The predicted molar refractivity (Wildman–Crippen MR) is 83.0 cm³/mol. The van der Waals surface area contributed by atoms with Gasteiger partial charge < -0.3 is 20.5 Å². The maximum atomic E-state index is 12.3. The van der Waals surface area contributed by atoms with E-state index in [4.69, 9.17) is 20.5 Å². The van der Waals surface area contributed by atoms with Gasteiger partial charge in [-0.2, -0.15) is 0 Å². The van der Waals surface area contributed by atoms with Crippen LogP contribution in [0.15, 0.2) is 11.4 Å². The SMILES string of the molecule is CC(C)(O/N=C(\C(=O)ON1C(=O)CCC1=O)c1cnc(N)s1)C(=O)O. The summed E-state index contributed by atoms with van der Waals surface area (Å²) in [5.74, 6) is -3.85. The Labute approximate surface area is 145 Å². The third kappa shape index (κ3) is 4.09. The van der Waals surface area contributed by atoms with Gasteiger partial charge in [0, 0.05) is 12.8 Å². The summed E-state index contributed by atoms with van der Waals surface area (Å²) in [6.45, 7) is 2.44. The number of aliphatic carboxylic acids is 1. The maximum Gasteiger partial charge on any atom is 0.387 e. The van der Waals surface area contributed by atoms with Gasteiger partial charge in [0.1, 0.15) is 0 Å². The van der Waals surface area contributed by atoms with Crippen molar-refractivity contribution in [3.05, 3.63) is 11.1 Å². The number of oxime groups is 1. The molecule has 12 heteroatoms. The number of carbonyl (C=O) groups is 4. The van der Waals surface area contributed by atoms with Gasteiger partial charge >= 0.3 is 11.9 Å². The Morgan fingerprint density at radius 1 is 1.36 bits per heavy atom. The van der Waals surface area contributed by atoms with Gasteiger partial charge in [0.2, 0.25) is 11.3 Å². The summed E-state index contributed by atoms with van der Waals surface area (Å²) < 4.78 is 0. The van der Waals surface area contributed by atoms with E-state index in [2.05, 4.69) is 10.1 Å². The van der Waals surface area contributed by atoms with E-state index < -0.39 is 35.1 Å². The van der Waals surface area contributed by atoms with Crippen LogP contribution < -0.4 is 5.73 Å². The van der Waals surface area contributed by atoms with Gasteiger partial charge in [-0.15, -0.1) is 5.06 Å². The molecule has 1 aliphatic rings. The minimum Gasteiger partial charge on any atom is -0.478 e. The molecule has 1 aromatic heterocycles. The molecule has 11 nitrogen and oxygen atoms in total. The lowest BCUT2D eigenvalue weighted by Crippen LogP contribution is -2.36. The Morgan fingerprint density at radius 3 is 2.44 bits per heavy atom. The minimum atomic E-state index is -1.74. The molecule has 0 aliphatic carbocycles. The molecule has 0 bridgehead atoms. The third-order valence-electron chi connectivity index (χ3n) is 3.01. The highest BCUT2D eigenvalue weighted by atomic mass is 32.1. The second kappa shape index (κ2) is 6.84. The van der Waals surface area contributed by atoms with Gasteiger partial charge in [0.15, 0.2) is 5.13 Å². The van der Waals surface area contributed by atoms with Crippen LogP contribution in [0.5, 0.6) is 0 Å². The highest BCUT2D eigenvalue weighted by Crippen LogP contribution is 2.20. The van der Waals surface area contributed by atoms with E-state index in [0.29, 0.717) is 5.06 Å². The van der Waals surface area contributed by atoms with E-state index in [1.807, 2.05) is 0 Å². The molecule has 2 rings (SSSR count). The molecule has 1 fully saturated rings. The molecular formula is C13H14N4O7S. The summed E-state index contributed by atoms with van der Waals surface area (Å²) in [7, 11) is 0. The fourth-order valence-electron chi connectivity index (χ4n) is 1.56. The molecule has 1 aromatic rings.